The molecule has 0 aliphatic rings. The molecule has 1 aromatic rings. The summed E-state index contributed by atoms with van der Waals surface area (Å²) in [7, 11) is 3.16. The van der Waals surface area contributed by atoms with Crippen molar-refractivity contribution in [2.75, 3.05) is 27.2 Å². The molecule has 6 heteroatoms. The van der Waals surface area contributed by atoms with Crippen molar-refractivity contribution in [3.63, 3.8) is 0 Å². The molecule has 1 amide bonds. The minimum Gasteiger partial charge on any atom is -0.497 e. The van der Waals surface area contributed by atoms with Crippen LogP contribution in [-0.4, -0.2) is 49.1 Å². The monoisotopic (exact) mass is 266 g/mol. The number of carboxylic acids is 1. The van der Waals surface area contributed by atoms with E-state index in [4.69, 9.17) is 9.84 Å². The van der Waals surface area contributed by atoms with E-state index < -0.39 is 5.97 Å². The molecular weight excluding hydrogens is 248 g/mol. The summed E-state index contributed by atoms with van der Waals surface area (Å²) in [6, 6.07) is 7.38. The first-order chi connectivity index (χ1) is 9.01. The molecule has 1 rings (SSSR count). The Morgan fingerprint density at radius 2 is 2.11 bits per heavy atom. The highest BCUT2D eigenvalue weighted by atomic mass is 16.5. The number of hydrogen-bond acceptors (Lipinski definition) is 4. The van der Waals surface area contributed by atoms with Gasteiger partial charge in [-0.15, -0.1) is 0 Å². The van der Waals surface area contributed by atoms with Crippen LogP contribution < -0.4 is 10.1 Å². The molecule has 2 N–H and O–H groups in total. The summed E-state index contributed by atoms with van der Waals surface area (Å²) in [6.07, 6.45) is 0. The number of hydrogen-bond donors (Lipinski definition) is 2. The number of carboxylic acid groups (broad SMARTS) is 1. The van der Waals surface area contributed by atoms with Gasteiger partial charge in [-0.1, -0.05) is 12.1 Å². The number of amides is 1. The van der Waals surface area contributed by atoms with Crippen molar-refractivity contribution >= 4 is 11.9 Å². The number of carbonyl (C=O) groups excluding carboxylic acids is 1. The molecule has 104 valence electrons. The minimum absolute atomic E-state index is 0.0519. The van der Waals surface area contributed by atoms with Gasteiger partial charge in [-0.25, -0.2) is 0 Å². The molecule has 19 heavy (non-hydrogen) atoms. The first-order valence-corrected chi connectivity index (χ1v) is 5.81. The molecule has 0 heterocycles. The van der Waals surface area contributed by atoms with Crippen molar-refractivity contribution in [2.24, 2.45) is 0 Å². The van der Waals surface area contributed by atoms with Crippen molar-refractivity contribution in [3.05, 3.63) is 29.8 Å². The Morgan fingerprint density at radius 3 is 2.74 bits per heavy atom. The largest absolute Gasteiger partial charge is 0.497 e. The average Bonchev–Trinajstić information content (AvgIpc) is 2.35. The number of carbonyl (C=O) groups is 2. The molecule has 0 spiro atoms. The normalized spacial score (nSPS) is 10.3. The molecule has 0 aliphatic carbocycles. The summed E-state index contributed by atoms with van der Waals surface area (Å²) in [5, 5.41) is 11.3. The van der Waals surface area contributed by atoms with E-state index in [0.29, 0.717) is 6.54 Å². The van der Waals surface area contributed by atoms with Gasteiger partial charge >= 0.3 is 5.97 Å². The fourth-order valence-corrected chi connectivity index (χ4v) is 1.57. The quantitative estimate of drug-likeness (QED) is 0.743. The maximum Gasteiger partial charge on any atom is 0.317 e. The van der Waals surface area contributed by atoms with Gasteiger partial charge in [0.2, 0.25) is 5.91 Å². The third-order valence-corrected chi connectivity index (χ3v) is 2.44. The molecule has 0 unspecified atom stereocenters. The number of rotatable bonds is 7. The van der Waals surface area contributed by atoms with Gasteiger partial charge in [0.15, 0.2) is 0 Å². The molecule has 0 atom stereocenters. The maximum absolute atomic E-state index is 11.6. The first kappa shape index (κ1) is 15.0. The lowest BCUT2D eigenvalue weighted by Gasteiger charge is -2.13. The maximum atomic E-state index is 11.6. The number of nitrogens with zero attached hydrogens (tertiary/aromatic N) is 1. The fraction of sp³-hybridized carbons (Fsp3) is 0.385. The topological polar surface area (TPSA) is 78.9 Å². The van der Waals surface area contributed by atoms with E-state index in [0.717, 1.165) is 11.3 Å². The van der Waals surface area contributed by atoms with Crippen LogP contribution in [-0.2, 0) is 16.1 Å². The van der Waals surface area contributed by atoms with Gasteiger partial charge in [0.25, 0.3) is 0 Å². The van der Waals surface area contributed by atoms with Crippen LogP contribution in [0.15, 0.2) is 24.3 Å². The van der Waals surface area contributed by atoms with Crippen LogP contribution in [0, 0.1) is 0 Å². The fourth-order valence-electron chi connectivity index (χ4n) is 1.57. The van der Waals surface area contributed by atoms with Crippen LogP contribution in [0.1, 0.15) is 5.56 Å². The van der Waals surface area contributed by atoms with E-state index in [1.54, 1.807) is 14.2 Å². The molecule has 0 aromatic heterocycles. The Bertz CT molecular complexity index is 448. The second-order valence-corrected chi connectivity index (χ2v) is 4.19. The highest BCUT2D eigenvalue weighted by Gasteiger charge is 2.09. The summed E-state index contributed by atoms with van der Waals surface area (Å²) >= 11 is 0. The standard InChI is InChI=1S/C13H18N2O4/c1-15(9-13(17)18)8-12(16)14-7-10-4-3-5-11(6-10)19-2/h3-6H,7-9H2,1-2H3,(H,14,16)(H,17,18). The molecule has 0 fully saturated rings. The van der Waals surface area contributed by atoms with Crippen molar-refractivity contribution in [1.82, 2.24) is 10.2 Å². The number of methoxy groups -OCH3 is 1. The number of likely N-dealkylation sites (N-methyl/N-ethyl adjacent to an activating group) is 1. The number of aliphatic carboxylic acids is 1. The molecular formula is C13H18N2O4. The van der Waals surface area contributed by atoms with Gasteiger partial charge in [0, 0.05) is 6.54 Å². The molecule has 0 saturated heterocycles. The number of ether oxygens (including phenoxy) is 1. The summed E-state index contributed by atoms with van der Waals surface area (Å²) in [5.74, 6) is -0.440. The SMILES string of the molecule is COc1cccc(CNC(=O)CN(C)CC(=O)O)c1. The van der Waals surface area contributed by atoms with Gasteiger partial charge < -0.3 is 15.2 Å². The van der Waals surface area contributed by atoms with Crippen LogP contribution in [0.25, 0.3) is 0 Å². The van der Waals surface area contributed by atoms with Crippen molar-refractivity contribution in [1.29, 1.82) is 0 Å². The molecule has 1 aromatic carbocycles. The lowest BCUT2D eigenvalue weighted by molar-refractivity contribution is -0.138. The minimum atomic E-state index is -0.955. The summed E-state index contributed by atoms with van der Waals surface area (Å²) in [5.41, 5.74) is 0.925. The van der Waals surface area contributed by atoms with E-state index in [9.17, 15) is 9.59 Å². The van der Waals surface area contributed by atoms with E-state index in [1.165, 1.54) is 4.90 Å². The Morgan fingerprint density at radius 1 is 1.37 bits per heavy atom. The Hall–Kier alpha value is -2.08. The Kier molecular flexibility index (Phi) is 5.81. The van der Waals surface area contributed by atoms with Crippen LogP contribution in [0.4, 0.5) is 0 Å². The zero-order chi connectivity index (χ0) is 14.3. The zero-order valence-electron chi connectivity index (χ0n) is 11.0. The number of benzene rings is 1. The van der Waals surface area contributed by atoms with E-state index in [-0.39, 0.29) is 19.0 Å². The lowest BCUT2D eigenvalue weighted by Crippen LogP contribution is -2.37. The highest BCUT2D eigenvalue weighted by Crippen LogP contribution is 2.11. The second-order valence-electron chi connectivity index (χ2n) is 4.19. The van der Waals surface area contributed by atoms with Gasteiger partial charge in [-0.3, -0.25) is 14.5 Å². The molecule has 0 radical (unpaired) electrons. The van der Waals surface area contributed by atoms with Gasteiger partial charge in [0.1, 0.15) is 5.75 Å². The van der Waals surface area contributed by atoms with Crippen LogP contribution in [0.5, 0.6) is 5.75 Å². The predicted molar refractivity (Wildman–Crippen MR) is 70.0 cm³/mol. The third-order valence-electron chi connectivity index (χ3n) is 2.44. The van der Waals surface area contributed by atoms with Crippen molar-refractivity contribution in [2.45, 2.75) is 6.54 Å². The zero-order valence-corrected chi connectivity index (χ0v) is 11.0. The molecule has 6 nitrogen and oxygen atoms in total. The van der Waals surface area contributed by atoms with E-state index >= 15 is 0 Å². The van der Waals surface area contributed by atoms with Crippen molar-refractivity contribution < 1.29 is 19.4 Å². The van der Waals surface area contributed by atoms with Crippen molar-refractivity contribution in [3.8, 4) is 5.75 Å². The Labute approximate surface area is 112 Å². The van der Waals surface area contributed by atoms with Gasteiger partial charge in [-0.2, -0.15) is 0 Å². The average molecular weight is 266 g/mol. The smallest absolute Gasteiger partial charge is 0.317 e. The second kappa shape index (κ2) is 7.38. The lowest BCUT2D eigenvalue weighted by atomic mass is 10.2. The Balaban J connectivity index is 2.39. The molecule has 0 bridgehead atoms. The summed E-state index contributed by atoms with van der Waals surface area (Å²) in [6.45, 7) is 0.278. The van der Waals surface area contributed by atoms with E-state index in [2.05, 4.69) is 5.32 Å². The van der Waals surface area contributed by atoms with Gasteiger partial charge in [0.05, 0.1) is 20.2 Å². The van der Waals surface area contributed by atoms with Crippen LogP contribution >= 0.6 is 0 Å². The molecule has 0 aliphatic heterocycles. The predicted octanol–water partition coefficient (Wildman–Crippen LogP) is 0.328. The number of nitrogens with one attached hydrogen (secondary N) is 1. The van der Waals surface area contributed by atoms with Crippen LogP contribution in [0.3, 0.4) is 0 Å². The highest BCUT2D eigenvalue weighted by molar-refractivity contribution is 5.78. The van der Waals surface area contributed by atoms with Gasteiger partial charge in [-0.05, 0) is 24.7 Å². The first-order valence-electron chi connectivity index (χ1n) is 5.81. The summed E-state index contributed by atoms with van der Waals surface area (Å²) < 4.78 is 5.08. The van der Waals surface area contributed by atoms with Crippen LogP contribution in [0.2, 0.25) is 0 Å². The third kappa shape index (κ3) is 5.87. The molecule has 0 saturated carbocycles. The van der Waals surface area contributed by atoms with E-state index in [1.807, 2.05) is 24.3 Å². The summed E-state index contributed by atoms with van der Waals surface area (Å²) in [4.78, 5) is 23.5.